The van der Waals surface area contributed by atoms with E-state index in [0.717, 1.165) is 19.3 Å². The highest BCUT2D eigenvalue weighted by Gasteiger charge is 2.49. The van der Waals surface area contributed by atoms with Crippen LogP contribution in [0.3, 0.4) is 0 Å². The molecule has 2 N–H and O–H groups in total. The van der Waals surface area contributed by atoms with Crippen molar-refractivity contribution in [3.05, 3.63) is 0 Å². The van der Waals surface area contributed by atoms with Crippen molar-refractivity contribution >= 4 is 13.6 Å². The second-order valence-electron chi connectivity index (χ2n) is 6.49. The van der Waals surface area contributed by atoms with Crippen LogP contribution in [-0.4, -0.2) is 27.5 Å². The van der Waals surface area contributed by atoms with E-state index in [2.05, 4.69) is 6.92 Å². The third-order valence-corrected chi connectivity index (χ3v) is 6.29. The van der Waals surface area contributed by atoms with E-state index in [1.54, 1.807) is 6.92 Å². The van der Waals surface area contributed by atoms with Crippen molar-refractivity contribution in [1.29, 1.82) is 0 Å². The highest BCUT2D eigenvalue weighted by atomic mass is 31.2. The number of rotatable bonds is 14. The molecule has 0 spiro atoms. The lowest BCUT2D eigenvalue weighted by Crippen LogP contribution is -2.36. The number of carbonyl (C=O) groups is 1. The number of esters is 1. The largest absolute Gasteiger partial charge is 0.465 e. The Balaban J connectivity index is 3.69. The molecule has 0 fully saturated rings. The van der Waals surface area contributed by atoms with E-state index in [4.69, 9.17) is 4.74 Å². The molecule has 0 bridgehead atoms. The van der Waals surface area contributed by atoms with Gasteiger partial charge in [0.05, 0.1) is 6.61 Å². The Morgan fingerprint density at radius 1 is 0.913 bits per heavy atom. The van der Waals surface area contributed by atoms with Gasteiger partial charge in [0.1, 0.15) is 0 Å². The molecule has 0 aliphatic heterocycles. The van der Waals surface area contributed by atoms with E-state index in [9.17, 15) is 19.1 Å². The fourth-order valence-corrected chi connectivity index (χ4v) is 3.09. The topological polar surface area (TPSA) is 83.8 Å². The Labute approximate surface area is 141 Å². The van der Waals surface area contributed by atoms with Gasteiger partial charge >= 0.3 is 13.6 Å². The smallest absolute Gasteiger partial charge is 0.342 e. The molecule has 0 aromatic heterocycles. The van der Waals surface area contributed by atoms with Crippen LogP contribution in [0.2, 0.25) is 0 Å². The summed E-state index contributed by atoms with van der Waals surface area (Å²) in [6, 6.07) is 0. The summed E-state index contributed by atoms with van der Waals surface area (Å²) < 4.78 is 16.5. The van der Waals surface area contributed by atoms with Gasteiger partial charge in [-0.1, -0.05) is 71.6 Å². The summed E-state index contributed by atoms with van der Waals surface area (Å²) in [4.78, 5) is 30.5. The number of carbonyl (C=O) groups excluding carboxylic acids is 1. The zero-order valence-electron chi connectivity index (χ0n) is 15.1. The van der Waals surface area contributed by atoms with Crippen LogP contribution >= 0.6 is 7.60 Å². The number of hydrogen-bond acceptors (Lipinski definition) is 3. The third-order valence-electron chi connectivity index (χ3n) is 4.50. The van der Waals surface area contributed by atoms with Crippen LogP contribution in [0.1, 0.15) is 91.4 Å². The van der Waals surface area contributed by atoms with Crippen LogP contribution in [-0.2, 0) is 14.1 Å². The van der Waals surface area contributed by atoms with Gasteiger partial charge in [0.15, 0.2) is 5.16 Å². The van der Waals surface area contributed by atoms with Crippen molar-refractivity contribution in [2.45, 2.75) is 96.6 Å². The van der Waals surface area contributed by atoms with Gasteiger partial charge in [0, 0.05) is 0 Å². The van der Waals surface area contributed by atoms with Crippen molar-refractivity contribution < 1.29 is 23.9 Å². The van der Waals surface area contributed by atoms with Crippen LogP contribution in [0.5, 0.6) is 0 Å². The molecule has 0 radical (unpaired) electrons. The van der Waals surface area contributed by atoms with Gasteiger partial charge in [-0.05, 0) is 19.8 Å². The lowest BCUT2D eigenvalue weighted by atomic mass is 10.1. The first kappa shape index (κ1) is 22.6. The minimum atomic E-state index is -4.50. The molecule has 5 nitrogen and oxygen atoms in total. The summed E-state index contributed by atoms with van der Waals surface area (Å²) in [6.45, 7) is 5.32. The van der Waals surface area contributed by atoms with E-state index in [-0.39, 0.29) is 13.0 Å². The molecule has 1 atom stereocenters. The molecule has 0 saturated heterocycles. The van der Waals surface area contributed by atoms with Gasteiger partial charge in [0.25, 0.3) is 0 Å². The molecule has 0 aliphatic rings. The van der Waals surface area contributed by atoms with Gasteiger partial charge in [-0.25, -0.2) is 0 Å². The quantitative estimate of drug-likeness (QED) is 0.267. The molecule has 0 heterocycles. The standard InChI is InChI=1S/C17H35O5P/c1-4-6-7-8-9-10-11-12-13-14-15-22-16(18)17(3,5-2)23(19,20)21/h4-15H2,1-3H3,(H2,19,20,21). The van der Waals surface area contributed by atoms with Crippen LogP contribution in [0.4, 0.5) is 0 Å². The number of ether oxygens (including phenoxy) is 1. The summed E-state index contributed by atoms with van der Waals surface area (Å²) in [6.07, 6.45) is 11.9. The summed E-state index contributed by atoms with van der Waals surface area (Å²) in [5.74, 6) is -0.788. The highest BCUT2D eigenvalue weighted by Crippen LogP contribution is 2.52. The van der Waals surface area contributed by atoms with Crippen molar-refractivity contribution in [2.75, 3.05) is 6.61 Å². The number of unbranched alkanes of at least 4 members (excludes halogenated alkanes) is 9. The van der Waals surface area contributed by atoms with Gasteiger partial charge in [-0.3, -0.25) is 9.36 Å². The second-order valence-corrected chi connectivity index (χ2v) is 8.56. The monoisotopic (exact) mass is 350 g/mol. The zero-order chi connectivity index (χ0) is 17.8. The van der Waals surface area contributed by atoms with Crippen molar-refractivity contribution in [3.8, 4) is 0 Å². The Bertz CT molecular complexity index is 366. The Hall–Kier alpha value is -0.380. The molecular formula is C17H35O5P. The van der Waals surface area contributed by atoms with Crippen molar-refractivity contribution in [2.24, 2.45) is 0 Å². The fraction of sp³-hybridized carbons (Fsp3) is 0.941. The normalized spacial score (nSPS) is 14.5. The molecule has 0 rings (SSSR count). The SMILES string of the molecule is CCCCCCCCCCCCOC(=O)C(C)(CC)P(=O)(O)O. The van der Waals surface area contributed by atoms with Crippen LogP contribution in [0.15, 0.2) is 0 Å². The second kappa shape index (κ2) is 12.0. The van der Waals surface area contributed by atoms with Gasteiger partial charge in [-0.2, -0.15) is 0 Å². The molecule has 0 saturated carbocycles. The third kappa shape index (κ3) is 8.88. The Morgan fingerprint density at radius 3 is 1.74 bits per heavy atom. The maximum absolute atomic E-state index is 11.9. The molecule has 0 aliphatic carbocycles. The fourth-order valence-electron chi connectivity index (χ4n) is 2.38. The molecule has 1 unspecified atom stereocenters. The molecule has 23 heavy (non-hydrogen) atoms. The van der Waals surface area contributed by atoms with Crippen LogP contribution in [0, 0.1) is 0 Å². The maximum atomic E-state index is 11.9. The van der Waals surface area contributed by atoms with Gasteiger partial charge < -0.3 is 14.5 Å². The van der Waals surface area contributed by atoms with Crippen molar-refractivity contribution in [1.82, 2.24) is 0 Å². The molecular weight excluding hydrogens is 315 g/mol. The minimum absolute atomic E-state index is 0.0636. The minimum Gasteiger partial charge on any atom is -0.465 e. The lowest BCUT2D eigenvalue weighted by Gasteiger charge is -2.26. The van der Waals surface area contributed by atoms with E-state index in [0.29, 0.717) is 0 Å². The maximum Gasteiger partial charge on any atom is 0.342 e. The summed E-state index contributed by atoms with van der Waals surface area (Å²) in [5, 5.41) is -1.72. The lowest BCUT2D eigenvalue weighted by molar-refractivity contribution is -0.147. The van der Waals surface area contributed by atoms with E-state index in [1.165, 1.54) is 51.9 Å². The Kier molecular flexibility index (Phi) is 11.9. The van der Waals surface area contributed by atoms with Crippen molar-refractivity contribution in [3.63, 3.8) is 0 Å². The predicted molar refractivity (Wildman–Crippen MR) is 93.5 cm³/mol. The molecule has 0 amide bonds. The van der Waals surface area contributed by atoms with Crippen LogP contribution < -0.4 is 0 Å². The van der Waals surface area contributed by atoms with Gasteiger partial charge in [0.2, 0.25) is 0 Å². The Morgan fingerprint density at radius 2 is 1.35 bits per heavy atom. The van der Waals surface area contributed by atoms with Gasteiger partial charge in [-0.15, -0.1) is 0 Å². The first-order chi connectivity index (χ1) is 10.8. The predicted octanol–water partition coefficient (Wildman–Crippen LogP) is 4.80. The highest BCUT2D eigenvalue weighted by molar-refractivity contribution is 7.54. The molecule has 138 valence electrons. The zero-order valence-corrected chi connectivity index (χ0v) is 15.9. The molecule has 0 aromatic carbocycles. The molecule has 0 aromatic rings. The van der Waals surface area contributed by atoms with E-state index < -0.39 is 18.7 Å². The molecule has 6 heteroatoms. The first-order valence-electron chi connectivity index (χ1n) is 9.02. The summed E-state index contributed by atoms with van der Waals surface area (Å²) >= 11 is 0. The number of hydrogen-bond donors (Lipinski definition) is 2. The van der Waals surface area contributed by atoms with E-state index >= 15 is 0 Å². The van der Waals surface area contributed by atoms with Crippen LogP contribution in [0.25, 0.3) is 0 Å². The average molecular weight is 350 g/mol. The average Bonchev–Trinajstić information content (AvgIpc) is 2.50. The van der Waals surface area contributed by atoms with E-state index in [1.807, 2.05) is 0 Å². The first-order valence-corrected chi connectivity index (χ1v) is 10.6. The summed E-state index contributed by atoms with van der Waals surface area (Å²) in [5.41, 5.74) is 0. The summed E-state index contributed by atoms with van der Waals surface area (Å²) in [7, 11) is -4.50.